The Morgan fingerprint density at radius 3 is 2.39 bits per heavy atom. The van der Waals surface area contributed by atoms with Crippen molar-refractivity contribution in [2.24, 2.45) is 5.92 Å². The van der Waals surface area contributed by atoms with Crippen molar-refractivity contribution in [2.45, 2.75) is 115 Å². The number of carboxylic acids is 1. The lowest BCUT2D eigenvalue weighted by Crippen LogP contribution is -2.49. The van der Waals surface area contributed by atoms with Crippen LogP contribution in [0.5, 0.6) is 0 Å². The summed E-state index contributed by atoms with van der Waals surface area (Å²) in [5.74, 6) is 0.249. The van der Waals surface area contributed by atoms with Gasteiger partial charge >= 0.3 is 5.97 Å². The minimum absolute atomic E-state index is 0.313. The number of nitrogens with zero attached hydrogens (tertiary/aromatic N) is 1. The van der Waals surface area contributed by atoms with Crippen LogP contribution in [-0.2, 0) is 11.3 Å². The molecule has 41 heavy (non-hydrogen) atoms. The number of thioether (sulfide) groups is 1. The van der Waals surface area contributed by atoms with E-state index in [9.17, 15) is 14.7 Å². The van der Waals surface area contributed by atoms with E-state index in [0.717, 1.165) is 29.2 Å². The van der Waals surface area contributed by atoms with Crippen molar-refractivity contribution in [2.75, 3.05) is 12.0 Å². The van der Waals surface area contributed by atoms with Crippen LogP contribution in [0.3, 0.4) is 0 Å². The van der Waals surface area contributed by atoms with Crippen LogP contribution in [-0.4, -0.2) is 51.5 Å². The molecular weight excluding hydrogens is 528 g/mol. The van der Waals surface area contributed by atoms with Gasteiger partial charge in [-0.2, -0.15) is 11.8 Å². The summed E-state index contributed by atoms with van der Waals surface area (Å²) in [7, 11) is 0. The molecule has 0 radical (unpaired) electrons. The van der Waals surface area contributed by atoms with Crippen LogP contribution >= 0.6 is 11.8 Å². The molecule has 0 saturated heterocycles. The number of hydrogen-bond donors (Lipinski definition) is 2. The molecule has 1 amide bonds. The van der Waals surface area contributed by atoms with E-state index in [1.165, 1.54) is 82.6 Å². The molecule has 222 valence electrons. The monoisotopic (exact) mass is 576 g/mol. The highest BCUT2D eigenvalue weighted by molar-refractivity contribution is 7.98. The van der Waals surface area contributed by atoms with Gasteiger partial charge in [-0.15, -0.1) is 0 Å². The van der Waals surface area contributed by atoms with Gasteiger partial charge in [0, 0.05) is 23.7 Å². The van der Waals surface area contributed by atoms with Crippen LogP contribution in [0.25, 0.3) is 11.1 Å². The summed E-state index contributed by atoms with van der Waals surface area (Å²) < 4.78 is 0. The molecule has 2 N–H and O–H groups in total. The van der Waals surface area contributed by atoms with Crippen molar-refractivity contribution in [3.05, 3.63) is 59.2 Å². The summed E-state index contributed by atoms with van der Waals surface area (Å²) in [4.78, 5) is 28.3. The summed E-state index contributed by atoms with van der Waals surface area (Å²) in [6, 6.07) is 14.2. The predicted octanol–water partition coefficient (Wildman–Crippen LogP) is 7.85. The van der Waals surface area contributed by atoms with Crippen LogP contribution in [0, 0.1) is 12.8 Å². The SMILES string of the molecule is CSCC[C@H](NC(=O)c1ccc(CN(C2CC2)C2(CC3CCCCC3)CCCC2)cc1-c1ccccc1C)C(=O)O. The van der Waals surface area contributed by atoms with Crippen LogP contribution < -0.4 is 5.32 Å². The molecule has 0 unspecified atom stereocenters. The zero-order chi connectivity index (χ0) is 28.8. The third-order valence-corrected chi connectivity index (χ3v) is 10.5. The zero-order valence-corrected chi connectivity index (χ0v) is 25.8. The second kappa shape index (κ2) is 13.8. The van der Waals surface area contributed by atoms with Crippen molar-refractivity contribution in [1.29, 1.82) is 0 Å². The maximum Gasteiger partial charge on any atom is 0.326 e. The molecule has 0 spiro atoms. The van der Waals surface area contributed by atoms with Gasteiger partial charge in [-0.25, -0.2) is 4.79 Å². The van der Waals surface area contributed by atoms with E-state index in [0.29, 0.717) is 29.3 Å². The van der Waals surface area contributed by atoms with E-state index in [2.05, 4.69) is 41.4 Å². The minimum atomic E-state index is -0.985. The van der Waals surface area contributed by atoms with Crippen LogP contribution in [0.1, 0.15) is 105 Å². The van der Waals surface area contributed by atoms with Crippen LogP contribution in [0.2, 0.25) is 0 Å². The van der Waals surface area contributed by atoms with Crippen molar-refractivity contribution >= 4 is 23.6 Å². The van der Waals surface area contributed by atoms with E-state index in [1.807, 2.05) is 24.5 Å². The number of amides is 1. The first-order chi connectivity index (χ1) is 19.9. The van der Waals surface area contributed by atoms with Crippen LogP contribution in [0.4, 0.5) is 0 Å². The molecule has 3 fully saturated rings. The third kappa shape index (κ3) is 7.37. The van der Waals surface area contributed by atoms with E-state index in [4.69, 9.17) is 0 Å². The van der Waals surface area contributed by atoms with E-state index >= 15 is 0 Å². The summed E-state index contributed by atoms with van der Waals surface area (Å²) in [5, 5.41) is 12.6. The highest BCUT2D eigenvalue weighted by Crippen LogP contribution is 2.48. The average Bonchev–Trinajstić information content (AvgIpc) is 3.71. The van der Waals surface area contributed by atoms with Gasteiger partial charge < -0.3 is 10.4 Å². The van der Waals surface area contributed by atoms with Gasteiger partial charge in [0.05, 0.1) is 0 Å². The number of hydrogen-bond acceptors (Lipinski definition) is 4. The second-order valence-corrected chi connectivity index (χ2v) is 13.8. The normalized spacial score (nSPS) is 19.8. The Hall–Kier alpha value is -2.31. The summed E-state index contributed by atoms with van der Waals surface area (Å²) >= 11 is 1.59. The van der Waals surface area contributed by atoms with Crippen molar-refractivity contribution in [3.63, 3.8) is 0 Å². The topological polar surface area (TPSA) is 69.6 Å². The molecular formula is C35H48N2O3S. The third-order valence-electron chi connectivity index (χ3n) is 9.86. The highest BCUT2D eigenvalue weighted by atomic mass is 32.2. The maximum atomic E-state index is 13.6. The number of nitrogens with one attached hydrogen (secondary N) is 1. The lowest BCUT2D eigenvalue weighted by molar-refractivity contribution is -0.139. The molecule has 2 aromatic carbocycles. The molecule has 5 nitrogen and oxygen atoms in total. The lowest BCUT2D eigenvalue weighted by Gasteiger charge is -2.45. The molecule has 0 aromatic heterocycles. The molecule has 0 heterocycles. The van der Waals surface area contributed by atoms with E-state index in [-0.39, 0.29) is 5.91 Å². The van der Waals surface area contributed by atoms with Gasteiger partial charge in [0.15, 0.2) is 0 Å². The van der Waals surface area contributed by atoms with Gasteiger partial charge in [0.25, 0.3) is 5.91 Å². The van der Waals surface area contributed by atoms with Gasteiger partial charge in [-0.05, 0) is 97.8 Å². The lowest BCUT2D eigenvalue weighted by atomic mass is 9.77. The van der Waals surface area contributed by atoms with Crippen LogP contribution in [0.15, 0.2) is 42.5 Å². The smallest absolute Gasteiger partial charge is 0.326 e. The fraction of sp³-hybridized carbons (Fsp3) is 0.600. The molecule has 3 saturated carbocycles. The first-order valence-corrected chi connectivity index (χ1v) is 17.3. The number of carboxylic acid groups (broad SMARTS) is 1. The Kier molecular flexibility index (Phi) is 10.1. The Bertz CT molecular complexity index is 1200. The molecule has 0 aliphatic heterocycles. The average molecular weight is 577 g/mol. The zero-order valence-electron chi connectivity index (χ0n) is 25.0. The predicted molar refractivity (Wildman–Crippen MR) is 169 cm³/mol. The Morgan fingerprint density at radius 1 is 1.00 bits per heavy atom. The minimum Gasteiger partial charge on any atom is -0.480 e. The van der Waals surface area contributed by atoms with Crippen molar-refractivity contribution < 1.29 is 14.7 Å². The quantitative estimate of drug-likeness (QED) is 0.254. The number of rotatable bonds is 13. The van der Waals surface area contributed by atoms with Gasteiger partial charge in [0.1, 0.15) is 6.04 Å². The maximum absolute atomic E-state index is 13.6. The number of benzene rings is 2. The van der Waals surface area contributed by atoms with E-state index in [1.54, 1.807) is 11.8 Å². The van der Waals surface area contributed by atoms with Gasteiger partial charge in [-0.1, -0.05) is 75.3 Å². The second-order valence-electron chi connectivity index (χ2n) is 12.8. The Labute approximate surface area is 250 Å². The van der Waals surface area contributed by atoms with E-state index < -0.39 is 12.0 Å². The molecule has 3 aliphatic carbocycles. The fourth-order valence-electron chi connectivity index (χ4n) is 7.55. The largest absolute Gasteiger partial charge is 0.480 e. The highest BCUT2D eigenvalue weighted by Gasteiger charge is 2.46. The molecule has 1 atom stereocenters. The molecule has 5 rings (SSSR count). The number of carbonyl (C=O) groups is 2. The van der Waals surface area contributed by atoms with Crippen molar-refractivity contribution in [1.82, 2.24) is 10.2 Å². The Morgan fingerprint density at radius 2 is 1.73 bits per heavy atom. The molecule has 3 aliphatic rings. The van der Waals surface area contributed by atoms with Crippen molar-refractivity contribution in [3.8, 4) is 11.1 Å². The number of aryl methyl sites for hydroxylation is 1. The molecule has 2 aromatic rings. The summed E-state index contributed by atoms with van der Waals surface area (Å²) in [6.45, 7) is 3.00. The number of aliphatic carboxylic acids is 1. The van der Waals surface area contributed by atoms with Gasteiger partial charge in [0.2, 0.25) is 0 Å². The summed E-state index contributed by atoms with van der Waals surface area (Å²) in [6.07, 6.45) is 18.6. The standard InChI is InChI=1S/C35H48N2O3S/c1-25-10-6-7-13-29(25)31-22-27(14-17-30(31)33(38)36-32(34(39)40)18-21-41-2)24-37(28-15-16-28)35(19-8-9-20-35)23-26-11-4-3-5-12-26/h6-7,10,13-14,17,22,26,28,32H,3-5,8-9,11-12,15-16,18-21,23-24H2,1-2H3,(H,36,38)(H,39,40)/t32-/m0/s1. The molecule has 0 bridgehead atoms. The summed E-state index contributed by atoms with van der Waals surface area (Å²) in [5.41, 5.74) is 5.16. The van der Waals surface area contributed by atoms with Gasteiger partial charge in [-0.3, -0.25) is 9.69 Å². The first-order valence-electron chi connectivity index (χ1n) is 15.9. The first kappa shape index (κ1) is 30.2. The Balaban J connectivity index is 1.45. The molecule has 6 heteroatoms. The number of carbonyl (C=O) groups excluding carboxylic acids is 1. The fourth-order valence-corrected chi connectivity index (χ4v) is 8.02.